The van der Waals surface area contributed by atoms with Gasteiger partial charge in [-0.15, -0.1) is 0 Å². The smallest absolute Gasteiger partial charge is 0.335 e. The lowest BCUT2D eigenvalue weighted by Gasteiger charge is -2.54. The number of carboxylic acids is 1. The van der Waals surface area contributed by atoms with Gasteiger partial charge in [0.15, 0.2) is 0 Å². The second kappa shape index (κ2) is 4.63. The molecule has 5 rings (SSSR count). The Morgan fingerprint density at radius 3 is 2.00 bits per heavy atom. The molecule has 1 aromatic rings. The Morgan fingerprint density at radius 2 is 1.52 bits per heavy atom. The molecule has 0 aromatic heterocycles. The van der Waals surface area contributed by atoms with Gasteiger partial charge in [0.1, 0.15) is 0 Å². The molecule has 0 atom stereocenters. The van der Waals surface area contributed by atoms with Crippen molar-refractivity contribution in [3.8, 4) is 11.8 Å². The third-order valence-electron chi connectivity index (χ3n) is 5.64. The van der Waals surface area contributed by atoms with E-state index in [-0.39, 0.29) is 5.41 Å². The average Bonchev–Trinajstić information content (AvgIpc) is 2.44. The minimum atomic E-state index is -0.879. The van der Waals surface area contributed by atoms with E-state index in [2.05, 4.69) is 11.8 Å². The van der Waals surface area contributed by atoms with E-state index in [9.17, 15) is 4.79 Å². The summed E-state index contributed by atoms with van der Waals surface area (Å²) in [5, 5.41) is 8.92. The third kappa shape index (κ3) is 2.35. The van der Waals surface area contributed by atoms with E-state index in [1.807, 2.05) is 12.1 Å². The lowest BCUT2D eigenvalue weighted by atomic mass is 9.50. The molecular formula is C19H20O2. The van der Waals surface area contributed by atoms with Crippen LogP contribution < -0.4 is 0 Å². The first-order valence-corrected chi connectivity index (χ1v) is 7.98. The summed E-state index contributed by atoms with van der Waals surface area (Å²) in [5.74, 6) is 8.79. The summed E-state index contributed by atoms with van der Waals surface area (Å²) >= 11 is 0. The monoisotopic (exact) mass is 280 g/mol. The Balaban J connectivity index is 1.57. The SMILES string of the molecule is O=C(O)c1ccc(C#CC23CC4CC(CC(C4)C2)C3)cc1. The lowest BCUT2D eigenvalue weighted by molar-refractivity contribution is -0.0181. The summed E-state index contributed by atoms with van der Waals surface area (Å²) < 4.78 is 0. The quantitative estimate of drug-likeness (QED) is 0.791. The molecule has 4 saturated carbocycles. The van der Waals surface area contributed by atoms with Crippen LogP contribution in [-0.2, 0) is 0 Å². The number of rotatable bonds is 1. The van der Waals surface area contributed by atoms with Crippen LogP contribution in [0.4, 0.5) is 0 Å². The molecular weight excluding hydrogens is 260 g/mol. The topological polar surface area (TPSA) is 37.3 Å². The van der Waals surface area contributed by atoms with Crippen LogP contribution in [0.25, 0.3) is 0 Å². The molecule has 0 amide bonds. The van der Waals surface area contributed by atoms with Crippen molar-refractivity contribution < 1.29 is 9.90 Å². The molecule has 108 valence electrons. The minimum Gasteiger partial charge on any atom is -0.478 e. The van der Waals surface area contributed by atoms with Crippen LogP contribution in [0.15, 0.2) is 24.3 Å². The predicted octanol–water partition coefficient (Wildman–Crippen LogP) is 3.95. The number of aromatic carboxylic acids is 1. The highest BCUT2D eigenvalue weighted by atomic mass is 16.4. The maximum atomic E-state index is 10.9. The van der Waals surface area contributed by atoms with E-state index < -0.39 is 5.97 Å². The van der Waals surface area contributed by atoms with Gasteiger partial charge < -0.3 is 5.11 Å². The van der Waals surface area contributed by atoms with Crippen molar-refractivity contribution in [1.29, 1.82) is 0 Å². The Labute approximate surface area is 125 Å². The largest absolute Gasteiger partial charge is 0.478 e. The summed E-state index contributed by atoms with van der Waals surface area (Å²) in [6.45, 7) is 0. The lowest BCUT2D eigenvalue weighted by Crippen LogP contribution is -2.45. The Hall–Kier alpha value is -1.75. The highest BCUT2D eigenvalue weighted by Crippen LogP contribution is 2.59. The number of carboxylic acid groups (broad SMARTS) is 1. The Morgan fingerprint density at radius 1 is 1.00 bits per heavy atom. The molecule has 0 heterocycles. The van der Waals surface area contributed by atoms with Crippen molar-refractivity contribution in [3.63, 3.8) is 0 Å². The number of benzene rings is 1. The Bertz CT molecular complexity index is 594. The number of hydrogen-bond donors (Lipinski definition) is 1. The predicted molar refractivity (Wildman–Crippen MR) is 80.9 cm³/mol. The van der Waals surface area contributed by atoms with E-state index >= 15 is 0 Å². The van der Waals surface area contributed by atoms with Crippen LogP contribution >= 0.6 is 0 Å². The van der Waals surface area contributed by atoms with Gasteiger partial charge in [0, 0.05) is 11.0 Å². The molecule has 2 nitrogen and oxygen atoms in total. The van der Waals surface area contributed by atoms with Crippen LogP contribution in [0.5, 0.6) is 0 Å². The normalized spacial score (nSPS) is 36.1. The molecule has 1 N–H and O–H groups in total. The van der Waals surface area contributed by atoms with Crippen molar-refractivity contribution in [2.75, 3.05) is 0 Å². The molecule has 0 unspecified atom stereocenters. The van der Waals surface area contributed by atoms with Crippen LogP contribution in [0.3, 0.4) is 0 Å². The molecule has 2 heteroatoms. The van der Waals surface area contributed by atoms with Crippen LogP contribution in [0.2, 0.25) is 0 Å². The standard InChI is InChI=1S/C19H20O2/c20-18(21)17-3-1-13(2-4-17)5-6-19-10-14-7-15(11-19)9-16(8-14)12-19/h1-4,14-16H,7-12H2,(H,20,21). The van der Waals surface area contributed by atoms with Crippen LogP contribution in [0, 0.1) is 35.0 Å². The van der Waals surface area contributed by atoms with Gasteiger partial charge in [0.25, 0.3) is 0 Å². The van der Waals surface area contributed by atoms with Crippen molar-refractivity contribution in [3.05, 3.63) is 35.4 Å². The zero-order valence-electron chi connectivity index (χ0n) is 12.1. The van der Waals surface area contributed by atoms with Crippen molar-refractivity contribution in [2.24, 2.45) is 23.2 Å². The fourth-order valence-electron chi connectivity index (χ4n) is 5.16. The average molecular weight is 280 g/mol. The minimum absolute atomic E-state index is 0.264. The fourth-order valence-corrected chi connectivity index (χ4v) is 5.16. The molecule has 0 saturated heterocycles. The summed E-state index contributed by atoms with van der Waals surface area (Å²) in [5.41, 5.74) is 1.53. The highest BCUT2D eigenvalue weighted by Gasteiger charge is 2.50. The maximum Gasteiger partial charge on any atom is 0.335 e. The van der Waals surface area contributed by atoms with Crippen molar-refractivity contribution in [1.82, 2.24) is 0 Å². The maximum absolute atomic E-state index is 10.9. The second-order valence-electron chi connectivity index (χ2n) is 7.33. The van der Waals surface area contributed by atoms with Crippen molar-refractivity contribution in [2.45, 2.75) is 38.5 Å². The van der Waals surface area contributed by atoms with Gasteiger partial charge >= 0.3 is 5.97 Å². The molecule has 21 heavy (non-hydrogen) atoms. The summed E-state index contributed by atoms with van der Waals surface area (Å²) in [4.78, 5) is 10.9. The Kier molecular flexibility index (Phi) is 2.85. The zero-order valence-corrected chi connectivity index (χ0v) is 12.1. The molecule has 0 spiro atoms. The van der Waals surface area contributed by atoms with Crippen molar-refractivity contribution >= 4 is 5.97 Å². The van der Waals surface area contributed by atoms with Gasteiger partial charge in [-0.25, -0.2) is 4.79 Å². The second-order valence-corrected chi connectivity index (χ2v) is 7.33. The molecule has 0 aliphatic heterocycles. The molecule has 4 bridgehead atoms. The van der Waals surface area contributed by atoms with E-state index in [1.165, 1.54) is 38.5 Å². The first-order chi connectivity index (χ1) is 10.1. The number of carbonyl (C=O) groups is 1. The van der Waals surface area contributed by atoms with Gasteiger partial charge in [0.05, 0.1) is 5.56 Å². The number of hydrogen-bond acceptors (Lipinski definition) is 1. The summed E-state index contributed by atoms with van der Waals surface area (Å²) in [6, 6.07) is 6.95. The summed E-state index contributed by atoms with van der Waals surface area (Å²) in [7, 11) is 0. The first kappa shape index (κ1) is 13.0. The van der Waals surface area contributed by atoms with Gasteiger partial charge in [-0.1, -0.05) is 11.8 Å². The zero-order chi connectivity index (χ0) is 14.4. The fraction of sp³-hybridized carbons (Fsp3) is 0.526. The molecule has 4 aliphatic carbocycles. The van der Waals surface area contributed by atoms with Gasteiger partial charge in [0.2, 0.25) is 0 Å². The van der Waals surface area contributed by atoms with Gasteiger partial charge in [-0.2, -0.15) is 0 Å². The molecule has 1 aromatic carbocycles. The highest BCUT2D eigenvalue weighted by molar-refractivity contribution is 5.87. The van der Waals surface area contributed by atoms with E-state index in [0.717, 1.165) is 23.3 Å². The molecule has 4 fully saturated rings. The first-order valence-electron chi connectivity index (χ1n) is 7.98. The van der Waals surface area contributed by atoms with Crippen LogP contribution in [0.1, 0.15) is 54.4 Å². The van der Waals surface area contributed by atoms with E-state index in [1.54, 1.807) is 12.1 Å². The molecule has 0 radical (unpaired) electrons. The molecule has 4 aliphatic rings. The van der Waals surface area contributed by atoms with Gasteiger partial charge in [-0.3, -0.25) is 0 Å². The van der Waals surface area contributed by atoms with E-state index in [4.69, 9.17) is 5.11 Å². The van der Waals surface area contributed by atoms with E-state index in [0.29, 0.717) is 5.56 Å². The van der Waals surface area contributed by atoms with Crippen LogP contribution in [-0.4, -0.2) is 11.1 Å². The summed E-state index contributed by atoms with van der Waals surface area (Å²) in [6.07, 6.45) is 8.19. The van der Waals surface area contributed by atoms with Gasteiger partial charge in [-0.05, 0) is 80.5 Å². The third-order valence-corrected chi connectivity index (χ3v) is 5.64.